The van der Waals surface area contributed by atoms with Gasteiger partial charge in [0.1, 0.15) is 16.8 Å². The van der Waals surface area contributed by atoms with Crippen molar-refractivity contribution in [2.75, 3.05) is 11.9 Å². The van der Waals surface area contributed by atoms with Crippen molar-refractivity contribution in [3.8, 4) is 0 Å². The Morgan fingerprint density at radius 2 is 1.97 bits per heavy atom. The van der Waals surface area contributed by atoms with Crippen LogP contribution in [0, 0.1) is 15.9 Å². The van der Waals surface area contributed by atoms with Gasteiger partial charge in [-0.2, -0.15) is 0 Å². The van der Waals surface area contributed by atoms with E-state index in [1.807, 2.05) is 0 Å². The number of thioether (sulfide) groups is 1. The molecule has 1 atom stereocenters. The second-order valence-corrected chi connectivity index (χ2v) is 7.26. The minimum absolute atomic E-state index is 0.0745. The summed E-state index contributed by atoms with van der Waals surface area (Å²) in [6.45, 7) is 2.16. The van der Waals surface area contributed by atoms with E-state index >= 15 is 0 Å². The minimum atomic E-state index is -0.697. The van der Waals surface area contributed by atoms with Crippen LogP contribution in [0.1, 0.15) is 13.3 Å². The third-order valence-corrected chi connectivity index (χ3v) is 5.31. The number of halogens is 1. The smallest absolute Gasteiger partial charge is 0.292 e. The molecule has 1 fully saturated rings. The molecule has 29 heavy (non-hydrogen) atoms. The zero-order valence-electron chi connectivity index (χ0n) is 15.4. The quantitative estimate of drug-likeness (QED) is 0.571. The van der Waals surface area contributed by atoms with Crippen molar-refractivity contribution in [2.45, 2.75) is 18.6 Å². The molecular weight excluding hydrogens is 399 g/mol. The summed E-state index contributed by atoms with van der Waals surface area (Å²) in [5.74, 6) is -1.17. The monoisotopic (exact) mass is 416 g/mol. The molecule has 1 N–H and O–H groups in total. The van der Waals surface area contributed by atoms with Crippen LogP contribution in [0.4, 0.5) is 21.5 Å². The first-order valence-electron chi connectivity index (χ1n) is 8.74. The van der Waals surface area contributed by atoms with E-state index in [2.05, 4.69) is 10.3 Å². The van der Waals surface area contributed by atoms with E-state index in [0.717, 1.165) is 11.8 Å². The number of amidine groups is 1. The number of nitrogens with zero attached hydrogens (tertiary/aromatic N) is 3. The molecule has 2 aromatic rings. The zero-order chi connectivity index (χ0) is 21.0. The Kier molecular flexibility index (Phi) is 6.23. The summed E-state index contributed by atoms with van der Waals surface area (Å²) in [6, 6.07) is 11.3. The molecule has 150 valence electrons. The average molecular weight is 416 g/mol. The fourth-order valence-corrected chi connectivity index (χ4v) is 3.97. The number of anilines is 1. The Labute approximate surface area is 170 Å². The normalized spacial score (nSPS) is 17.6. The Hall–Kier alpha value is -3.27. The van der Waals surface area contributed by atoms with Crippen LogP contribution < -0.4 is 5.32 Å². The Bertz CT molecular complexity index is 980. The van der Waals surface area contributed by atoms with Gasteiger partial charge in [0, 0.05) is 19.0 Å². The highest BCUT2D eigenvalue weighted by atomic mass is 32.2. The topological polar surface area (TPSA) is 105 Å². The van der Waals surface area contributed by atoms with Crippen molar-refractivity contribution < 1.29 is 18.9 Å². The number of hydrogen-bond donors (Lipinski definition) is 1. The number of nitro benzene ring substituents is 1. The van der Waals surface area contributed by atoms with Crippen LogP contribution in [-0.2, 0) is 9.59 Å². The van der Waals surface area contributed by atoms with Gasteiger partial charge in [-0.3, -0.25) is 24.6 Å². The number of carbonyl (C=O) groups excluding carboxylic acids is 2. The number of amides is 2. The van der Waals surface area contributed by atoms with Gasteiger partial charge in [-0.05, 0) is 37.3 Å². The van der Waals surface area contributed by atoms with Crippen molar-refractivity contribution in [3.05, 3.63) is 64.5 Å². The van der Waals surface area contributed by atoms with E-state index in [-0.39, 0.29) is 29.5 Å². The first kappa shape index (κ1) is 20.5. The third kappa shape index (κ3) is 4.77. The van der Waals surface area contributed by atoms with Crippen molar-refractivity contribution >= 4 is 45.8 Å². The van der Waals surface area contributed by atoms with Crippen molar-refractivity contribution in [3.63, 3.8) is 0 Å². The number of nitrogens with one attached hydrogen (secondary N) is 1. The molecule has 0 radical (unpaired) electrons. The second-order valence-electron chi connectivity index (χ2n) is 6.09. The molecule has 8 nitrogen and oxygen atoms in total. The van der Waals surface area contributed by atoms with Crippen LogP contribution in [0.3, 0.4) is 0 Å². The van der Waals surface area contributed by atoms with Crippen LogP contribution in [0.5, 0.6) is 0 Å². The van der Waals surface area contributed by atoms with Crippen LogP contribution in [0.15, 0.2) is 53.5 Å². The highest BCUT2D eigenvalue weighted by molar-refractivity contribution is 8.15. The van der Waals surface area contributed by atoms with Crippen LogP contribution in [0.2, 0.25) is 0 Å². The number of carbonyl (C=O) groups is 2. The first-order valence-corrected chi connectivity index (χ1v) is 9.62. The fourth-order valence-electron chi connectivity index (χ4n) is 2.75. The van der Waals surface area contributed by atoms with Crippen LogP contribution in [0.25, 0.3) is 0 Å². The Balaban J connectivity index is 1.73. The van der Waals surface area contributed by atoms with Crippen molar-refractivity contribution in [1.82, 2.24) is 4.90 Å². The number of hydrogen-bond acceptors (Lipinski definition) is 6. The molecule has 0 aliphatic carbocycles. The second kappa shape index (κ2) is 8.82. The highest BCUT2D eigenvalue weighted by Crippen LogP contribution is 2.32. The summed E-state index contributed by atoms with van der Waals surface area (Å²) in [5, 5.41) is 13.3. The molecular formula is C19H17FN4O4S. The molecule has 10 heteroatoms. The van der Waals surface area contributed by atoms with Gasteiger partial charge in [0.05, 0.1) is 10.6 Å². The molecule has 0 bridgehead atoms. The predicted molar refractivity (Wildman–Crippen MR) is 109 cm³/mol. The lowest BCUT2D eigenvalue weighted by molar-refractivity contribution is -0.383. The molecule has 1 aliphatic heterocycles. The lowest BCUT2D eigenvalue weighted by atomic mass is 10.2. The van der Waals surface area contributed by atoms with Gasteiger partial charge >= 0.3 is 0 Å². The molecule has 1 unspecified atom stereocenters. The number of benzene rings is 2. The maximum Gasteiger partial charge on any atom is 0.292 e. The van der Waals surface area contributed by atoms with Crippen molar-refractivity contribution in [2.24, 2.45) is 4.99 Å². The van der Waals surface area contributed by atoms with Gasteiger partial charge in [0.25, 0.3) is 5.69 Å². The molecule has 1 saturated heterocycles. The summed E-state index contributed by atoms with van der Waals surface area (Å²) in [6.07, 6.45) is -0.158. The van der Waals surface area contributed by atoms with Gasteiger partial charge in [0.15, 0.2) is 5.17 Å². The lowest BCUT2D eigenvalue weighted by Gasteiger charge is -2.13. The maximum atomic E-state index is 13.1. The molecule has 1 aliphatic rings. The van der Waals surface area contributed by atoms with E-state index in [9.17, 15) is 24.1 Å². The van der Waals surface area contributed by atoms with Crippen LogP contribution in [-0.4, -0.2) is 38.6 Å². The van der Waals surface area contributed by atoms with E-state index < -0.39 is 16.1 Å². The lowest BCUT2D eigenvalue weighted by Crippen LogP contribution is -2.33. The molecule has 0 saturated carbocycles. The summed E-state index contributed by atoms with van der Waals surface area (Å²) >= 11 is 1.14. The van der Waals surface area contributed by atoms with Gasteiger partial charge in [-0.1, -0.05) is 23.9 Å². The van der Waals surface area contributed by atoms with Gasteiger partial charge in [-0.25, -0.2) is 9.38 Å². The van der Waals surface area contributed by atoms with E-state index in [1.165, 1.54) is 47.4 Å². The van der Waals surface area contributed by atoms with Gasteiger partial charge in [-0.15, -0.1) is 0 Å². The predicted octanol–water partition coefficient (Wildman–Crippen LogP) is 3.71. The maximum absolute atomic E-state index is 13.1. The number of aliphatic imine (C=N–C) groups is 1. The van der Waals surface area contributed by atoms with Gasteiger partial charge < -0.3 is 5.32 Å². The minimum Gasteiger partial charge on any atom is -0.320 e. The molecule has 2 aromatic carbocycles. The third-order valence-electron chi connectivity index (χ3n) is 4.13. The average Bonchev–Trinajstić information content (AvgIpc) is 2.98. The molecule has 1 heterocycles. The SMILES string of the molecule is CCN1C(=O)C(CC(=O)Nc2ccccc2[N+](=O)[O-])SC1=Nc1ccc(F)cc1. The van der Waals surface area contributed by atoms with E-state index in [4.69, 9.17) is 0 Å². The molecule has 3 rings (SSSR count). The summed E-state index contributed by atoms with van der Waals surface area (Å²) in [4.78, 5) is 41.3. The molecule has 0 aromatic heterocycles. The Morgan fingerprint density at radius 3 is 2.62 bits per heavy atom. The number of rotatable bonds is 6. The van der Waals surface area contributed by atoms with Crippen LogP contribution >= 0.6 is 11.8 Å². The summed E-state index contributed by atoms with van der Waals surface area (Å²) in [7, 11) is 0. The number of nitro groups is 1. The van der Waals surface area contributed by atoms with E-state index in [1.54, 1.807) is 13.0 Å². The largest absolute Gasteiger partial charge is 0.320 e. The van der Waals surface area contributed by atoms with Gasteiger partial charge in [0.2, 0.25) is 11.8 Å². The summed E-state index contributed by atoms with van der Waals surface area (Å²) in [5.41, 5.74) is 0.343. The fraction of sp³-hybridized carbons (Fsp3) is 0.211. The number of para-hydroxylation sites is 2. The highest BCUT2D eigenvalue weighted by Gasteiger charge is 2.38. The zero-order valence-corrected chi connectivity index (χ0v) is 16.2. The van der Waals surface area contributed by atoms with E-state index in [0.29, 0.717) is 17.4 Å². The molecule has 0 spiro atoms. The first-order chi connectivity index (χ1) is 13.9. The summed E-state index contributed by atoms with van der Waals surface area (Å²) < 4.78 is 13.1. The standard InChI is InChI=1S/C19H17FN4O4S/c1-2-23-18(26)16(29-19(23)21-13-9-7-12(20)8-10-13)11-17(25)22-14-5-3-4-6-15(14)24(27)28/h3-10,16H,2,11H2,1H3,(H,22,25). The van der Waals surface area contributed by atoms with Crippen molar-refractivity contribution in [1.29, 1.82) is 0 Å². The Morgan fingerprint density at radius 1 is 1.28 bits per heavy atom. The molecule has 2 amide bonds.